The molecule has 0 atom stereocenters. The smallest absolute Gasteiger partial charge is 0.223 e. The van der Waals surface area contributed by atoms with Crippen LogP contribution in [0.4, 0.5) is 0 Å². The molecular formula is C20H32N2O4S. The predicted octanol–water partition coefficient (Wildman–Crippen LogP) is 2.16. The number of carbonyl (C=O) groups is 1. The molecule has 0 spiro atoms. The van der Waals surface area contributed by atoms with Crippen LogP contribution >= 0.6 is 0 Å². The SMILES string of the molecule is COCCCN(CCC(=O)N1CCC(Cc2ccccc2)CC1)S(C)(=O)=O. The van der Waals surface area contributed by atoms with Gasteiger partial charge in [-0.25, -0.2) is 12.7 Å². The highest BCUT2D eigenvalue weighted by molar-refractivity contribution is 7.88. The second-order valence-electron chi connectivity index (χ2n) is 7.27. The molecule has 0 unspecified atom stereocenters. The van der Waals surface area contributed by atoms with E-state index < -0.39 is 10.0 Å². The minimum Gasteiger partial charge on any atom is -0.385 e. The van der Waals surface area contributed by atoms with Gasteiger partial charge in [-0.05, 0) is 37.2 Å². The Bertz CT molecular complexity index is 670. The van der Waals surface area contributed by atoms with Gasteiger partial charge in [0.2, 0.25) is 15.9 Å². The molecule has 0 aromatic heterocycles. The van der Waals surface area contributed by atoms with Gasteiger partial charge in [0.25, 0.3) is 0 Å². The van der Waals surface area contributed by atoms with Crippen molar-refractivity contribution < 1.29 is 17.9 Å². The first kappa shape index (κ1) is 21.9. The molecular weight excluding hydrogens is 364 g/mol. The minimum atomic E-state index is -3.31. The molecule has 1 aliphatic rings. The third kappa shape index (κ3) is 7.60. The average molecular weight is 397 g/mol. The van der Waals surface area contributed by atoms with Crippen molar-refractivity contribution in [1.82, 2.24) is 9.21 Å². The van der Waals surface area contributed by atoms with E-state index in [0.29, 0.717) is 25.5 Å². The highest BCUT2D eigenvalue weighted by atomic mass is 32.2. The molecule has 0 N–H and O–H groups in total. The van der Waals surface area contributed by atoms with E-state index in [4.69, 9.17) is 4.74 Å². The highest BCUT2D eigenvalue weighted by Crippen LogP contribution is 2.22. The number of piperidine rings is 1. The summed E-state index contributed by atoms with van der Waals surface area (Å²) in [4.78, 5) is 14.4. The van der Waals surface area contributed by atoms with Gasteiger partial charge in [-0.1, -0.05) is 30.3 Å². The van der Waals surface area contributed by atoms with Crippen LogP contribution < -0.4 is 0 Å². The van der Waals surface area contributed by atoms with E-state index in [1.807, 2.05) is 11.0 Å². The number of sulfonamides is 1. The number of rotatable bonds is 10. The van der Waals surface area contributed by atoms with Crippen LogP contribution in [0.5, 0.6) is 0 Å². The van der Waals surface area contributed by atoms with Crippen molar-refractivity contribution >= 4 is 15.9 Å². The molecule has 0 aliphatic carbocycles. The van der Waals surface area contributed by atoms with Gasteiger partial charge in [0, 0.05) is 46.3 Å². The van der Waals surface area contributed by atoms with E-state index in [1.54, 1.807) is 7.11 Å². The van der Waals surface area contributed by atoms with Crippen molar-refractivity contribution in [3.8, 4) is 0 Å². The molecule has 1 aromatic carbocycles. The van der Waals surface area contributed by atoms with Crippen molar-refractivity contribution in [2.24, 2.45) is 5.92 Å². The molecule has 152 valence electrons. The molecule has 1 aromatic rings. The fourth-order valence-corrected chi connectivity index (χ4v) is 4.42. The third-order valence-electron chi connectivity index (χ3n) is 5.13. The number of hydrogen-bond acceptors (Lipinski definition) is 4. The maximum atomic E-state index is 12.5. The van der Waals surface area contributed by atoms with Crippen molar-refractivity contribution in [3.05, 3.63) is 35.9 Å². The summed E-state index contributed by atoms with van der Waals surface area (Å²) in [5.74, 6) is 0.659. The van der Waals surface area contributed by atoms with E-state index in [-0.39, 0.29) is 18.9 Å². The lowest BCUT2D eigenvalue weighted by Gasteiger charge is -2.32. The number of methoxy groups -OCH3 is 1. The number of nitrogens with zero attached hydrogens (tertiary/aromatic N) is 2. The quantitative estimate of drug-likeness (QED) is 0.569. The molecule has 1 heterocycles. The van der Waals surface area contributed by atoms with Gasteiger partial charge < -0.3 is 9.64 Å². The fraction of sp³-hybridized carbons (Fsp3) is 0.650. The molecule has 0 radical (unpaired) electrons. The maximum absolute atomic E-state index is 12.5. The molecule has 27 heavy (non-hydrogen) atoms. The van der Waals surface area contributed by atoms with Gasteiger partial charge in [0.05, 0.1) is 6.26 Å². The Hall–Kier alpha value is -1.44. The molecule has 1 amide bonds. The monoisotopic (exact) mass is 396 g/mol. The van der Waals surface area contributed by atoms with Crippen LogP contribution in [0.3, 0.4) is 0 Å². The lowest BCUT2D eigenvalue weighted by Crippen LogP contribution is -2.41. The average Bonchev–Trinajstić information content (AvgIpc) is 2.65. The third-order valence-corrected chi connectivity index (χ3v) is 6.44. The maximum Gasteiger partial charge on any atom is 0.223 e. The van der Waals surface area contributed by atoms with Gasteiger partial charge >= 0.3 is 0 Å². The van der Waals surface area contributed by atoms with Crippen molar-refractivity contribution in [1.29, 1.82) is 0 Å². The minimum absolute atomic E-state index is 0.0496. The van der Waals surface area contributed by atoms with Crippen molar-refractivity contribution in [3.63, 3.8) is 0 Å². The van der Waals surface area contributed by atoms with Crippen LogP contribution in [0.2, 0.25) is 0 Å². The van der Waals surface area contributed by atoms with Crippen LogP contribution in [-0.4, -0.2) is 69.7 Å². The molecule has 2 rings (SSSR count). The topological polar surface area (TPSA) is 66.9 Å². The molecule has 0 saturated carbocycles. The number of ether oxygens (including phenoxy) is 1. The first-order chi connectivity index (χ1) is 12.9. The summed E-state index contributed by atoms with van der Waals surface area (Å²) < 4.78 is 30.1. The number of hydrogen-bond donors (Lipinski definition) is 0. The van der Waals surface area contributed by atoms with Crippen LogP contribution in [0, 0.1) is 5.92 Å². The van der Waals surface area contributed by atoms with E-state index in [2.05, 4.69) is 24.3 Å². The Morgan fingerprint density at radius 2 is 1.85 bits per heavy atom. The van der Waals surface area contributed by atoms with Gasteiger partial charge in [-0.15, -0.1) is 0 Å². The number of likely N-dealkylation sites (tertiary alicyclic amines) is 1. The highest BCUT2D eigenvalue weighted by Gasteiger charge is 2.24. The zero-order chi connectivity index (χ0) is 19.7. The van der Waals surface area contributed by atoms with Crippen LogP contribution in [0.1, 0.15) is 31.2 Å². The molecule has 1 saturated heterocycles. The second kappa shape index (κ2) is 10.8. The summed E-state index contributed by atoms with van der Waals surface area (Å²) in [7, 11) is -1.72. The summed E-state index contributed by atoms with van der Waals surface area (Å²) in [6.45, 7) is 2.66. The lowest BCUT2D eigenvalue weighted by atomic mass is 9.90. The number of carbonyl (C=O) groups excluding carboxylic acids is 1. The molecule has 6 nitrogen and oxygen atoms in total. The Kier molecular flexibility index (Phi) is 8.73. The summed E-state index contributed by atoms with van der Waals surface area (Å²) in [5.41, 5.74) is 1.35. The summed E-state index contributed by atoms with van der Waals surface area (Å²) in [6.07, 6.45) is 5.13. The normalized spacial score (nSPS) is 16.0. The Morgan fingerprint density at radius 1 is 1.19 bits per heavy atom. The first-order valence-electron chi connectivity index (χ1n) is 9.66. The van der Waals surface area contributed by atoms with Gasteiger partial charge in [-0.3, -0.25) is 4.79 Å². The van der Waals surface area contributed by atoms with E-state index in [9.17, 15) is 13.2 Å². The standard InChI is InChI=1S/C20H32N2O4S/c1-26-16-6-12-22(27(2,24)25)15-11-20(23)21-13-9-19(10-14-21)17-18-7-4-3-5-8-18/h3-5,7-8,19H,6,9-17H2,1-2H3. The lowest BCUT2D eigenvalue weighted by molar-refractivity contribution is -0.132. The van der Waals surface area contributed by atoms with Gasteiger partial charge in [-0.2, -0.15) is 0 Å². The van der Waals surface area contributed by atoms with Gasteiger partial charge in [0.15, 0.2) is 0 Å². The number of benzene rings is 1. The van der Waals surface area contributed by atoms with Crippen molar-refractivity contribution in [2.75, 3.05) is 46.2 Å². The largest absolute Gasteiger partial charge is 0.385 e. The van der Waals surface area contributed by atoms with Crippen molar-refractivity contribution in [2.45, 2.75) is 32.1 Å². The molecule has 1 aliphatic heterocycles. The fourth-order valence-electron chi connectivity index (χ4n) is 3.54. The molecule has 0 bridgehead atoms. The Labute approximate surface area is 163 Å². The molecule has 1 fully saturated rings. The Morgan fingerprint density at radius 3 is 2.44 bits per heavy atom. The van der Waals surface area contributed by atoms with Crippen LogP contribution in [-0.2, 0) is 26.0 Å². The zero-order valence-electron chi connectivity index (χ0n) is 16.5. The predicted molar refractivity (Wildman–Crippen MR) is 107 cm³/mol. The number of amides is 1. The summed E-state index contributed by atoms with van der Waals surface area (Å²) in [5, 5.41) is 0. The van der Waals surface area contributed by atoms with Crippen LogP contribution in [0.15, 0.2) is 30.3 Å². The van der Waals surface area contributed by atoms with E-state index in [1.165, 1.54) is 16.1 Å². The second-order valence-corrected chi connectivity index (χ2v) is 9.25. The van der Waals surface area contributed by atoms with Crippen LogP contribution in [0.25, 0.3) is 0 Å². The van der Waals surface area contributed by atoms with E-state index >= 15 is 0 Å². The molecule has 7 heteroatoms. The Balaban J connectivity index is 1.76. The van der Waals surface area contributed by atoms with Gasteiger partial charge in [0.1, 0.15) is 0 Å². The summed E-state index contributed by atoms with van der Waals surface area (Å²) in [6, 6.07) is 10.5. The first-order valence-corrected chi connectivity index (χ1v) is 11.5. The zero-order valence-corrected chi connectivity index (χ0v) is 17.3. The summed E-state index contributed by atoms with van der Waals surface area (Å²) >= 11 is 0. The van der Waals surface area contributed by atoms with E-state index in [0.717, 1.165) is 32.4 Å².